The number of alkyl halides is 2. The van der Waals surface area contributed by atoms with Gasteiger partial charge in [-0.05, 0) is 0 Å². The number of halogens is 2. The standard InChI is InChI=1S/C15H28Cl2O8P2/c1-13(2)7-20-26(18,21-8-13)24-11-15(5-16,6-17)12-25-27(19)22-9-14(3,4)10-23-27/h5-12H2,1-4H3. The molecular weight excluding hydrogens is 441 g/mol. The first-order chi connectivity index (χ1) is 12.4. The summed E-state index contributed by atoms with van der Waals surface area (Å²) >= 11 is 12.1. The maximum atomic E-state index is 12.5. The smallest absolute Gasteiger partial charge is 0.286 e. The summed E-state index contributed by atoms with van der Waals surface area (Å²) in [6.07, 6.45) is 0. The normalized spacial score (nSPS) is 26.6. The van der Waals surface area contributed by atoms with Gasteiger partial charge in [-0.25, -0.2) is 9.13 Å². The van der Waals surface area contributed by atoms with E-state index in [2.05, 4.69) is 0 Å². The van der Waals surface area contributed by atoms with Gasteiger partial charge in [0.05, 0.1) is 39.6 Å². The Bertz CT molecular complexity index is 533. The first kappa shape index (κ1) is 24.1. The number of rotatable bonds is 8. The second-order valence-corrected chi connectivity index (χ2v) is 12.5. The van der Waals surface area contributed by atoms with Crippen LogP contribution in [0.1, 0.15) is 27.7 Å². The highest BCUT2D eigenvalue weighted by Gasteiger charge is 2.44. The predicted molar refractivity (Wildman–Crippen MR) is 102 cm³/mol. The van der Waals surface area contributed by atoms with Gasteiger partial charge in [0, 0.05) is 28.0 Å². The summed E-state index contributed by atoms with van der Waals surface area (Å²) in [5.41, 5.74) is -1.48. The molecule has 27 heavy (non-hydrogen) atoms. The molecule has 0 aliphatic carbocycles. The van der Waals surface area contributed by atoms with E-state index in [1.165, 1.54) is 0 Å². The van der Waals surface area contributed by atoms with Gasteiger partial charge >= 0.3 is 15.6 Å². The van der Waals surface area contributed by atoms with Crippen molar-refractivity contribution >= 4 is 38.8 Å². The fourth-order valence-corrected chi connectivity index (χ4v) is 5.92. The Labute approximate surface area is 170 Å². The molecule has 2 rings (SSSR count). The van der Waals surface area contributed by atoms with Crippen LogP contribution in [0.4, 0.5) is 0 Å². The van der Waals surface area contributed by atoms with Gasteiger partial charge in [0.1, 0.15) is 0 Å². The predicted octanol–water partition coefficient (Wildman–Crippen LogP) is 4.85. The van der Waals surface area contributed by atoms with Gasteiger partial charge in [-0.2, -0.15) is 0 Å². The van der Waals surface area contributed by atoms with Crippen molar-refractivity contribution in [2.45, 2.75) is 27.7 Å². The lowest BCUT2D eigenvalue weighted by molar-refractivity contribution is -0.0244. The third-order valence-corrected chi connectivity index (χ3v) is 7.88. The van der Waals surface area contributed by atoms with Crippen LogP contribution in [-0.2, 0) is 36.3 Å². The zero-order valence-corrected chi connectivity index (χ0v) is 19.4. The minimum absolute atomic E-state index is 0.00743. The average Bonchev–Trinajstić information content (AvgIpc) is 2.62. The lowest BCUT2D eigenvalue weighted by Crippen LogP contribution is -2.38. The first-order valence-corrected chi connectivity index (χ1v) is 12.5. The van der Waals surface area contributed by atoms with E-state index in [0.29, 0.717) is 0 Å². The van der Waals surface area contributed by atoms with E-state index in [0.717, 1.165) is 0 Å². The van der Waals surface area contributed by atoms with Gasteiger partial charge in [-0.1, -0.05) is 27.7 Å². The van der Waals surface area contributed by atoms with Crippen molar-refractivity contribution in [2.24, 2.45) is 16.2 Å². The number of phosphoric ester groups is 2. The Kier molecular flexibility index (Phi) is 7.92. The van der Waals surface area contributed by atoms with Crippen molar-refractivity contribution in [1.82, 2.24) is 0 Å². The molecule has 0 atom stereocenters. The van der Waals surface area contributed by atoms with E-state index >= 15 is 0 Å². The molecule has 160 valence electrons. The Balaban J connectivity index is 1.93. The zero-order valence-electron chi connectivity index (χ0n) is 16.1. The summed E-state index contributed by atoms with van der Waals surface area (Å²) in [5.74, 6) is 0.0149. The molecule has 0 radical (unpaired) electrons. The minimum atomic E-state index is -3.71. The molecule has 2 fully saturated rings. The molecule has 0 spiro atoms. The van der Waals surface area contributed by atoms with Crippen molar-refractivity contribution in [3.8, 4) is 0 Å². The van der Waals surface area contributed by atoms with Gasteiger partial charge in [-0.15, -0.1) is 23.2 Å². The van der Waals surface area contributed by atoms with E-state index < -0.39 is 21.1 Å². The highest BCUT2D eigenvalue weighted by molar-refractivity contribution is 7.48. The zero-order chi connectivity index (χ0) is 20.4. The van der Waals surface area contributed by atoms with Crippen molar-refractivity contribution in [3.05, 3.63) is 0 Å². The van der Waals surface area contributed by atoms with E-state index in [4.69, 9.17) is 50.3 Å². The molecule has 12 heteroatoms. The Morgan fingerprint density at radius 3 is 1.33 bits per heavy atom. The molecule has 0 N–H and O–H groups in total. The molecule has 0 amide bonds. The Morgan fingerprint density at radius 2 is 1.07 bits per heavy atom. The van der Waals surface area contributed by atoms with Crippen molar-refractivity contribution < 1.29 is 36.3 Å². The van der Waals surface area contributed by atoms with Crippen molar-refractivity contribution in [2.75, 3.05) is 51.4 Å². The van der Waals surface area contributed by atoms with E-state index in [1.807, 2.05) is 27.7 Å². The van der Waals surface area contributed by atoms with Crippen LogP contribution in [0.25, 0.3) is 0 Å². The summed E-state index contributed by atoms with van der Waals surface area (Å²) in [6.45, 7) is 8.33. The molecule has 0 unspecified atom stereocenters. The van der Waals surface area contributed by atoms with Crippen LogP contribution < -0.4 is 0 Å². The highest BCUT2D eigenvalue weighted by Crippen LogP contribution is 2.57. The van der Waals surface area contributed by atoms with Crippen LogP contribution in [0.2, 0.25) is 0 Å². The number of hydrogen-bond acceptors (Lipinski definition) is 8. The van der Waals surface area contributed by atoms with Crippen LogP contribution >= 0.6 is 38.8 Å². The van der Waals surface area contributed by atoms with Gasteiger partial charge in [-0.3, -0.25) is 27.1 Å². The molecule has 0 bridgehead atoms. The summed E-state index contributed by atoms with van der Waals surface area (Å²) in [5, 5.41) is 0. The highest BCUT2D eigenvalue weighted by atomic mass is 35.5. The van der Waals surface area contributed by atoms with Crippen molar-refractivity contribution in [1.29, 1.82) is 0 Å². The summed E-state index contributed by atoms with van der Waals surface area (Å²) < 4.78 is 57.0. The average molecular weight is 469 g/mol. The maximum Gasteiger partial charge on any atom is 0.474 e. The van der Waals surface area contributed by atoms with Crippen molar-refractivity contribution in [3.63, 3.8) is 0 Å². The lowest BCUT2D eigenvalue weighted by Gasteiger charge is -2.37. The first-order valence-electron chi connectivity index (χ1n) is 8.56. The van der Waals surface area contributed by atoms with Crippen LogP contribution in [0.5, 0.6) is 0 Å². The molecule has 8 nitrogen and oxygen atoms in total. The topological polar surface area (TPSA) is 89.5 Å². The second kappa shape index (κ2) is 8.89. The van der Waals surface area contributed by atoms with Gasteiger partial charge in [0.25, 0.3) is 0 Å². The molecule has 2 saturated heterocycles. The van der Waals surface area contributed by atoms with E-state index in [1.54, 1.807) is 0 Å². The summed E-state index contributed by atoms with van der Waals surface area (Å²) in [7, 11) is -7.42. The molecule has 0 aromatic rings. The second-order valence-electron chi connectivity index (χ2n) is 8.63. The molecular formula is C15H28Cl2O8P2. The van der Waals surface area contributed by atoms with E-state index in [9.17, 15) is 9.13 Å². The molecule has 0 aromatic carbocycles. The summed E-state index contributed by atoms with van der Waals surface area (Å²) in [6, 6.07) is 0. The third kappa shape index (κ3) is 6.92. The summed E-state index contributed by atoms with van der Waals surface area (Å²) in [4.78, 5) is 0. The molecule has 0 saturated carbocycles. The fraction of sp³-hybridized carbons (Fsp3) is 1.00. The Morgan fingerprint density at radius 1 is 0.778 bits per heavy atom. The molecule has 2 aliphatic rings. The molecule has 2 heterocycles. The largest absolute Gasteiger partial charge is 0.474 e. The molecule has 2 aliphatic heterocycles. The fourth-order valence-electron chi connectivity index (χ4n) is 1.99. The quantitative estimate of drug-likeness (QED) is 0.369. The number of phosphoric acid groups is 2. The maximum absolute atomic E-state index is 12.5. The Hall–Kier alpha value is 0.800. The van der Waals surface area contributed by atoms with E-state index in [-0.39, 0.29) is 62.2 Å². The lowest BCUT2D eigenvalue weighted by atomic mass is 9.96. The SMILES string of the molecule is CC1(C)COP(=O)(OCC(CCl)(CCl)COP2(=O)OCC(C)(C)CO2)OC1. The van der Waals surface area contributed by atoms with Gasteiger partial charge in [0.15, 0.2) is 0 Å². The van der Waals surface area contributed by atoms with Crippen LogP contribution in [0.3, 0.4) is 0 Å². The molecule has 0 aromatic heterocycles. The van der Waals surface area contributed by atoms with Crippen LogP contribution in [0, 0.1) is 16.2 Å². The monoisotopic (exact) mass is 468 g/mol. The van der Waals surface area contributed by atoms with Crippen LogP contribution in [0.15, 0.2) is 0 Å². The minimum Gasteiger partial charge on any atom is -0.286 e. The number of hydrogen-bond donors (Lipinski definition) is 0. The van der Waals surface area contributed by atoms with Crippen LogP contribution in [-0.4, -0.2) is 51.4 Å². The van der Waals surface area contributed by atoms with Gasteiger partial charge in [0.2, 0.25) is 0 Å². The van der Waals surface area contributed by atoms with Gasteiger partial charge < -0.3 is 0 Å². The third-order valence-electron chi connectivity index (χ3n) is 4.08.